The lowest BCUT2D eigenvalue weighted by molar-refractivity contribution is 0.0947. The van der Waals surface area contributed by atoms with Gasteiger partial charge in [0.25, 0.3) is 11.8 Å². The number of benzene rings is 2. The van der Waals surface area contributed by atoms with E-state index in [1.54, 1.807) is 36.4 Å². The van der Waals surface area contributed by atoms with Crippen molar-refractivity contribution in [1.82, 2.24) is 5.32 Å². The zero-order valence-electron chi connectivity index (χ0n) is 15.4. The molecular weight excluding hydrogens is 352 g/mol. The van der Waals surface area contributed by atoms with E-state index < -0.39 is 0 Å². The minimum atomic E-state index is -0.292. The second kappa shape index (κ2) is 8.72. The first kappa shape index (κ1) is 19.8. The topological polar surface area (TPSA) is 67.4 Å². The van der Waals surface area contributed by atoms with Gasteiger partial charge >= 0.3 is 0 Å². The molecule has 0 aliphatic carbocycles. The molecule has 0 atom stereocenters. The maximum absolute atomic E-state index is 12.5. The number of methoxy groups -OCH3 is 1. The fourth-order valence-electron chi connectivity index (χ4n) is 2.30. The number of carbonyl (C=O) groups excluding carboxylic acids is 2. The zero-order chi connectivity index (χ0) is 19.3. The van der Waals surface area contributed by atoms with E-state index in [2.05, 4.69) is 10.6 Å². The summed E-state index contributed by atoms with van der Waals surface area (Å²) in [6, 6.07) is 9.93. The number of halogens is 1. The van der Waals surface area contributed by atoms with Gasteiger partial charge in [0.2, 0.25) is 0 Å². The minimum absolute atomic E-state index is 0.152. The van der Waals surface area contributed by atoms with Gasteiger partial charge in [-0.05, 0) is 48.7 Å². The molecule has 2 aromatic carbocycles. The van der Waals surface area contributed by atoms with E-state index in [-0.39, 0.29) is 11.8 Å². The van der Waals surface area contributed by atoms with Gasteiger partial charge in [-0.15, -0.1) is 0 Å². The number of hydrogen-bond acceptors (Lipinski definition) is 3. The summed E-state index contributed by atoms with van der Waals surface area (Å²) in [5.41, 5.74) is 2.33. The van der Waals surface area contributed by atoms with Crippen LogP contribution >= 0.6 is 11.6 Å². The summed E-state index contributed by atoms with van der Waals surface area (Å²) in [7, 11) is 1.52. The summed E-state index contributed by atoms with van der Waals surface area (Å²) in [4.78, 5) is 24.5. The highest BCUT2D eigenvalue weighted by Crippen LogP contribution is 2.31. The molecule has 5 nitrogen and oxygen atoms in total. The fraction of sp³-hybridized carbons (Fsp3) is 0.300. The van der Waals surface area contributed by atoms with Crippen molar-refractivity contribution in [2.45, 2.75) is 20.8 Å². The van der Waals surface area contributed by atoms with Crippen LogP contribution in [0.25, 0.3) is 0 Å². The number of anilines is 1. The van der Waals surface area contributed by atoms with Gasteiger partial charge in [-0.3, -0.25) is 9.59 Å². The van der Waals surface area contributed by atoms with Crippen LogP contribution in [0, 0.1) is 12.8 Å². The lowest BCUT2D eigenvalue weighted by Crippen LogP contribution is -2.27. The Morgan fingerprint density at radius 3 is 2.19 bits per heavy atom. The first-order valence-electron chi connectivity index (χ1n) is 8.35. The van der Waals surface area contributed by atoms with Gasteiger partial charge in [0.1, 0.15) is 5.75 Å². The molecule has 138 valence electrons. The van der Waals surface area contributed by atoms with Crippen molar-refractivity contribution >= 4 is 29.1 Å². The molecular formula is C20H23ClN2O3. The molecule has 2 amide bonds. The number of amides is 2. The van der Waals surface area contributed by atoms with Gasteiger partial charge in [0.15, 0.2) is 0 Å². The van der Waals surface area contributed by atoms with Gasteiger partial charge in [0.05, 0.1) is 12.8 Å². The Kier molecular flexibility index (Phi) is 6.64. The summed E-state index contributed by atoms with van der Waals surface area (Å²) < 4.78 is 5.26. The maximum atomic E-state index is 12.5. The van der Waals surface area contributed by atoms with Crippen LogP contribution < -0.4 is 15.4 Å². The van der Waals surface area contributed by atoms with Crippen molar-refractivity contribution in [3.63, 3.8) is 0 Å². The lowest BCUT2D eigenvalue weighted by atomic mass is 10.1. The van der Waals surface area contributed by atoms with E-state index in [0.29, 0.717) is 40.0 Å². The van der Waals surface area contributed by atoms with Crippen LogP contribution in [0.15, 0.2) is 36.4 Å². The largest absolute Gasteiger partial charge is 0.495 e. The number of aryl methyl sites for hydroxylation is 1. The molecule has 0 saturated carbocycles. The van der Waals surface area contributed by atoms with Crippen LogP contribution in [0.1, 0.15) is 40.1 Å². The van der Waals surface area contributed by atoms with Crippen LogP contribution in [-0.4, -0.2) is 25.5 Å². The van der Waals surface area contributed by atoms with E-state index in [1.165, 1.54) is 7.11 Å². The summed E-state index contributed by atoms with van der Waals surface area (Å²) in [5.74, 6) is 0.417. The normalized spacial score (nSPS) is 10.5. The molecule has 6 heteroatoms. The Bertz CT molecular complexity index is 801. The van der Waals surface area contributed by atoms with E-state index in [0.717, 1.165) is 5.56 Å². The molecule has 2 rings (SSSR count). The Morgan fingerprint density at radius 1 is 1.08 bits per heavy atom. The quantitative estimate of drug-likeness (QED) is 0.792. The molecule has 0 saturated heterocycles. The van der Waals surface area contributed by atoms with E-state index in [4.69, 9.17) is 16.3 Å². The molecule has 0 spiro atoms. The highest BCUT2D eigenvalue weighted by molar-refractivity contribution is 6.31. The first-order valence-corrected chi connectivity index (χ1v) is 8.73. The summed E-state index contributed by atoms with van der Waals surface area (Å²) in [6.07, 6.45) is 0. The van der Waals surface area contributed by atoms with Crippen molar-refractivity contribution < 1.29 is 14.3 Å². The second-order valence-corrected chi connectivity index (χ2v) is 6.84. The Hall–Kier alpha value is -2.53. The van der Waals surface area contributed by atoms with Crippen molar-refractivity contribution in [2.75, 3.05) is 19.0 Å². The molecule has 0 bridgehead atoms. The number of rotatable bonds is 6. The molecule has 0 aliphatic heterocycles. The molecule has 2 aromatic rings. The number of ether oxygens (including phenoxy) is 1. The minimum Gasteiger partial charge on any atom is -0.495 e. The third kappa shape index (κ3) is 4.99. The smallest absolute Gasteiger partial charge is 0.255 e. The van der Waals surface area contributed by atoms with Crippen LogP contribution in [0.3, 0.4) is 0 Å². The van der Waals surface area contributed by atoms with Gasteiger partial charge < -0.3 is 15.4 Å². The fourth-order valence-corrected chi connectivity index (χ4v) is 2.45. The Balaban J connectivity index is 2.11. The highest BCUT2D eigenvalue weighted by Gasteiger charge is 2.13. The Labute approximate surface area is 158 Å². The predicted molar refractivity (Wildman–Crippen MR) is 104 cm³/mol. The van der Waals surface area contributed by atoms with E-state index in [1.807, 2.05) is 20.8 Å². The van der Waals surface area contributed by atoms with E-state index in [9.17, 15) is 9.59 Å². The SMILES string of the molecule is COc1cc(Cl)c(C)cc1NC(=O)c1ccc(C(=O)NCC(C)C)cc1. The lowest BCUT2D eigenvalue weighted by Gasteiger charge is -2.12. The standard InChI is InChI=1S/C20H23ClN2O3/c1-12(2)11-22-19(24)14-5-7-15(8-6-14)20(25)23-17-9-13(3)16(21)10-18(17)26-4/h5-10,12H,11H2,1-4H3,(H,22,24)(H,23,25). The van der Waals surface area contributed by atoms with Crippen molar-refractivity contribution in [3.05, 3.63) is 58.1 Å². The van der Waals surface area contributed by atoms with Crippen LogP contribution in [0.4, 0.5) is 5.69 Å². The molecule has 0 aromatic heterocycles. The number of carbonyl (C=O) groups is 2. The van der Waals surface area contributed by atoms with Gasteiger partial charge in [0, 0.05) is 28.8 Å². The molecule has 26 heavy (non-hydrogen) atoms. The molecule has 2 N–H and O–H groups in total. The van der Waals surface area contributed by atoms with Gasteiger partial charge in [-0.25, -0.2) is 0 Å². The van der Waals surface area contributed by atoms with Gasteiger partial charge in [-0.1, -0.05) is 25.4 Å². The number of hydrogen-bond donors (Lipinski definition) is 2. The number of nitrogens with one attached hydrogen (secondary N) is 2. The predicted octanol–water partition coefficient (Wildman–Crippen LogP) is 4.30. The second-order valence-electron chi connectivity index (χ2n) is 6.44. The van der Waals surface area contributed by atoms with Crippen LogP contribution in [0.2, 0.25) is 5.02 Å². The average Bonchev–Trinajstić information content (AvgIpc) is 2.62. The summed E-state index contributed by atoms with van der Waals surface area (Å²) in [6.45, 7) is 6.51. The third-order valence-corrected chi connectivity index (χ3v) is 4.22. The molecule has 0 unspecified atom stereocenters. The third-order valence-electron chi connectivity index (χ3n) is 3.81. The molecule has 0 heterocycles. The maximum Gasteiger partial charge on any atom is 0.255 e. The Morgan fingerprint density at radius 2 is 1.65 bits per heavy atom. The van der Waals surface area contributed by atoms with E-state index >= 15 is 0 Å². The highest BCUT2D eigenvalue weighted by atomic mass is 35.5. The van der Waals surface area contributed by atoms with Crippen molar-refractivity contribution in [1.29, 1.82) is 0 Å². The van der Waals surface area contributed by atoms with Crippen molar-refractivity contribution in [2.24, 2.45) is 5.92 Å². The monoisotopic (exact) mass is 374 g/mol. The molecule has 0 aliphatic rings. The zero-order valence-corrected chi connectivity index (χ0v) is 16.1. The molecule has 0 fully saturated rings. The van der Waals surface area contributed by atoms with Crippen molar-refractivity contribution in [3.8, 4) is 5.75 Å². The average molecular weight is 375 g/mol. The van der Waals surface area contributed by atoms with Crippen LogP contribution in [0.5, 0.6) is 5.75 Å². The summed E-state index contributed by atoms with van der Waals surface area (Å²) in [5, 5.41) is 6.22. The molecule has 0 radical (unpaired) electrons. The summed E-state index contributed by atoms with van der Waals surface area (Å²) >= 11 is 6.08. The van der Waals surface area contributed by atoms with Gasteiger partial charge in [-0.2, -0.15) is 0 Å². The first-order chi connectivity index (χ1) is 12.3. The van der Waals surface area contributed by atoms with Crippen LogP contribution in [-0.2, 0) is 0 Å².